The van der Waals surface area contributed by atoms with Crippen LogP contribution in [0.2, 0.25) is 0 Å². The third-order valence-electron chi connectivity index (χ3n) is 3.64. The summed E-state index contributed by atoms with van der Waals surface area (Å²) in [6.07, 6.45) is 1.05. The number of aromatic nitrogens is 3. The van der Waals surface area contributed by atoms with Crippen LogP contribution >= 0.6 is 0 Å². The largest absolute Gasteiger partial charge is 0.386 e. The van der Waals surface area contributed by atoms with Gasteiger partial charge in [0.2, 0.25) is 0 Å². The van der Waals surface area contributed by atoms with Crippen LogP contribution < -0.4 is 0 Å². The highest BCUT2D eigenvalue weighted by atomic mass is 16.3. The lowest BCUT2D eigenvalue weighted by atomic mass is 10.0. The predicted molar refractivity (Wildman–Crippen MR) is 79.6 cm³/mol. The summed E-state index contributed by atoms with van der Waals surface area (Å²) >= 11 is 0. The van der Waals surface area contributed by atoms with Crippen molar-refractivity contribution in [1.29, 1.82) is 0 Å². The van der Waals surface area contributed by atoms with Crippen LogP contribution in [0.1, 0.15) is 55.7 Å². The van der Waals surface area contributed by atoms with Gasteiger partial charge in [-0.05, 0) is 19.4 Å². The molecule has 0 radical (unpaired) electrons. The normalized spacial score (nSPS) is 14.2. The van der Waals surface area contributed by atoms with E-state index >= 15 is 0 Å². The third-order valence-corrected chi connectivity index (χ3v) is 3.64. The van der Waals surface area contributed by atoms with Gasteiger partial charge in [-0.1, -0.05) is 43.7 Å². The molecule has 1 aromatic carbocycles. The van der Waals surface area contributed by atoms with Gasteiger partial charge in [0.15, 0.2) is 5.82 Å². The van der Waals surface area contributed by atoms with Crippen LogP contribution in [-0.2, 0) is 12.8 Å². The lowest BCUT2D eigenvalue weighted by Crippen LogP contribution is -2.18. The fourth-order valence-electron chi connectivity index (χ4n) is 2.30. The molecule has 0 saturated carbocycles. The van der Waals surface area contributed by atoms with Crippen LogP contribution in [0.3, 0.4) is 0 Å². The third kappa shape index (κ3) is 2.90. The van der Waals surface area contributed by atoms with Crippen molar-refractivity contribution in [1.82, 2.24) is 14.8 Å². The van der Waals surface area contributed by atoms with Gasteiger partial charge in [-0.2, -0.15) is 5.10 Å². The van der Waals surface area contributed by atoms with E-state index in [0.717, 1.165) is 30.1 Å². The molecule has 1 heterocycles. The second-order valence-electron chi connectivity index (χ2n) is 5.19. The Hall–Kier alpha value is -1.68. The molecule has 108 valence electrons. The minimum atomic E-state index is -0.577. The standard InChI is InChI=1S/C16H23N3O/c1-5-14-17-15(6-2)19(18-14)12(4)16(20)13-9-7-11(3)8-10-13/h7-10,12,16,20H,5-6H2,1-4H3. The molecule has 4 heteroatoms. The second kappa shape index (κ2) is 6.18. The Labute approximate surface area is 120 Å². The van der Waals surface area contributed by atoms with Crippen molar-refractivity contribution in [3.63, 3.8) is 0 Å². The highest BCUT2D eigenvalue weighted by molar-refractivity contribution is 5.23. The molecule has 2 unspecified atom stereocenters. The van der Waals surface area contributed by atoms with Gasteiger partial charge in [-0.15, -0.1) is 0 Å². The predicted octanol–water partition coefficient (Wildman–Crippen LogP) is 3.01. The molecule has 0 fully saturated rings. The van der Waals surface area contributed by atoms with Crippen LogP contribution in [0.4, 0.5) is 0 Å². The van der Waals surface area contributed by atoms with Gasteiger partial charge in [-0.3, -0.25) is 0 Å². The first kappa shape index (κ1) is 14.7. The van der Waals surface area contributed by atoms with Gasteiger partial charge in [-0.25, -0.2) is 9.67 Å². The molecule has 0 bridgehead atoms. The van der Waals surface area contributed by atoms with E-state index in [0.29, 0.717) is 0 Å². The molecule has 0 saturated heterocycles. The molecule has 4 nitrogen and oxygen atoms in total. The average molecular weight is 273 g/mol. The van der Waals surface area contributed by atoms with Gasteiger partial charge in [0, 0.05) is 12.8 Å². The molecule has 20 heavy (non-hydrogen) atoms. The van der Waals surface area contributed by atoms with E-state index in [1.807, 2.05) is 49.7 Å². The van der Waals surface area contributed by atoms with Crippen molar-refractivity contribution < 1.29 is 5.11 Å². The van der Waals surface area contributed by atoms with Gasteiger partial charge >= 0.3 is 0 Å². The SMILES string of the molecule is CCc1nc(CC)n(C(C)C(O)c2ccc(C)cc2)n1. The van der Waals surface area contributed by atoms with E-state index in [-0.39, 0.29) is 6.04 Å². The number of aryl methyl sites for hydroxylation is 3. The molecule has 2 atom stereocenters. The lowest BCUT2D eigenvalue weighted by Gasteiger charge is -2.21. The maximum absolute atomic E-state index is 10.5. The quantitative estimate of drug-likeness (QED) is 0.911. The van der Waals surface area contributed by atoms with Crippen molar-refractivity contribution in [2.45, 2.75) is 52.7 Å². The number of aliphatic hydroxyl groups is 1. The molecule has 0 amide bonds. The van der Waals surface area contributed by atoms with Crippen LogP contribution in [0.15, 0.2) is 24.3 Å². The van der Waals surface area contributed by atoms with Crippen molar-refractivity contribution in [3.8, 4) is 0 Å². The van der Waals surface area contributed by atoms with Crippen molar-refractivity contribution in [2.24, 2.45) is 0 Å². The van der Waals surface area contributed by atoms with E-state index in [1.165, 1.54) is 5.56 Å². The van der Waals surface area contributed by atoms with E-state index in [2.05, 4.69) is 17.0 Å². The second-order valence-corrected chi connectivity index (χ2v) is 5.19. The van der Waals surface area contributed by atoms with Crippen LogP contribution in [0, 0.1) is 6.92 Å². The Morgan fingerprint density at radius 2 is 1.80 bits per heavy atom. The number of hydrogen-bond donors (Lipinski definition) is 1. The van der Waals surface area contributed by atoms with Gasteiger partial charge < -0.3 is 5.11 Å². The number of aliphatic hydroxyl groups excluding tert-OH is 1. The summed E-state index contributed by atoms with van der Waals surface area (Å²) in [5, 5.41) is 15.1. The maximum atomic E-state index is 10.5. The first-order valence-corrected chi connectivity index (χ1v) is 7.25. The zero-order valence-electron chi connectivity index (χ0n) is 12.7. The summed E-state index contributed by atoms with van der Waals surface area (Å²) in [6, 6.07) is 7.86. The topological polar surface area (TPSA) is 50.9 Å². The van der Waals surface area contributed by atoms with E-state index in [4.69, 9.17) is 0 Å². The smallest absolute Gasteiger partial charge is 0.150 e. The molecule has 0 aliphatic carbocycles. The highest BCUT2D eigenvalue weighted by Crippen LogP contribution is 2.26. The van der Waals surface area contributed by atoms with Crippen LogP contribution in [0.5, 0.6) is 0 Å². The Kier molecular flexibility index (Phi) is 4.55. The molecule has 2 rings (SSSR count). The fraction of sp³-hybridized carbons (Fsp3) is 0.500. The molecule has 1 aromatic heterocycles. The molecule has 0 aliphatic heterocycles. The Bertz CT molecular complexity index is 560. The monoisotopic (exact) mass is 273 g/mol. The number of hydrogen-bond acceptors (Lipinski definition) is 3. The molecule has 1 N–H and O–H groups in total. The zero-order chi connectivity index (χ0) is 14.7. The number of benzene rings is 1. The summed E-state index contributed by atoms with van der Waals surface area (Å²) in [6.45, 7) is 8.13. The molecule has 0 spiro atoms. The minimum absolute atomic E-state index is 0.125. The summed E-state index contributed by atoms with van der Waals surface area (Å²) in [5.41, 5.74) is 2.11. The molecule has 0 aliphatic rings. The highest BCUT2D eigenvalue weighted by Gasteiger charge is 2.22. The van der Waals surface area contributed by atoms with E-state index < -0.39 is 6.10 Å². The summed E-state index contributed by atoms with van der Waals surface area (Å²) in [7, 11) is 0. The van der Waals surface area contributed by atoms with E-state index in [1.54, 1.807) is 0 Å². The van der Waals surface area contributed by atoms with Crippen LogP contribution in [0.25, 0.3) is 0 Å². The Morgan fingerprint density at radius 3 is 2.35 bits per heavy atom. The number of nitrogens with zero attached hydrogens (tertiary/aromatic N) is 3. The zero-order valence-corrected chi connectivity index (χ0v) is 12.7. The average Bonchev–Trinajstić information content (AvgIpc) is 2.90. The van der Waals surface area contributed by atoms with E-state index in [9.17, 15) is 5.11 Å². The lowest BCUT2D eigenvalue weighted by molar-refractivity contribution is 0.113. The maximum Gasteiger partial charge on any atom is 0.150 e. The minimum Gasteiger partial charge on any atom is -0.386 e. The fourth-order valence-corrected chi connectivity index (χ4v) is 2.30. The molecular formula is C16H23N3O. The van der Waals surface area contributed by atoms with Crippen LogP contribution in [-0.4, -0.2) is 19.9 Å². The van der Waals surface area contributed by atoms with Crippen molar-refractivity contribution >= 4 is 0 Å². The van der Waals surface area contributed by atoms with Gasteiger partial charge in [0.25, 0.3) is 0 Å². The summed E-state index contributed by atoms with van der Waals surface area (Å²) < 4.78 is 1.86. The Balaban J connectivity index is 2.27. The molecule has 2 aromatic rings. The first-order chi connectivity index (χ1) is 9.56. The molecular weight excluding hydrogens is 250 g/mol. The summed E-state index contributed by atoms with van der Waals surface area (Å²) in [4.78, 5) is 4.50. The van der Waals surface area contributed by atoms with Gasteiger partial charge in [0.05, 0.1) is 6.04 Å². The summed E-state index contributed by atoms with van der Waals surface area (Å²) in [5.74, 6) is 1.77. The van der Waals surface area contributed by atoms with Crippen molar-refractivity contribution in [3.05, 3.63) is 47.0 Å². The number of rotatable bonds is 5. The first-order valence-electron chi connectivity index (χ1n) is 7.25. The Morgan fingerprint density at radius 1 is 1.15 bits per heavy atom. The van der Waals surface area contributed by atoms with Gasteiger partial charge in [0.1, 0.15) is 11.9 Å². The van der Waals surface area contributed by atoms with Crippen molar-refractivity contribution in [2.75, 3.05) is 0 Å².